The molecule has 8 nitrogen and oxygen atoms in total. The number of piperidine rings is 1. The predicted molar refractivity (Wildman–Crippen MR) is 142 cm³/mol. The van der Waals surface area contributed by atoms with Crippen LogP contribution in [0.3, 0.4) is 0 Å². The minimum Gasteiger partial charge on any atom is -0.335 e. The molecule has 0 radical (unpaired) electrons. The van der Waals surface area contributed by atoms with Gasteiger partial charge in [0.1, 0.15) is 5.69 Å². The summed E-state index contributed by atoms with van der Waals surface area (Å²) in [4.78, 5) is 25.0. The molecule has 7 heterocycles. The zero-order valence-electron chi connectivity index (χ0n) is 19.9. The molecule has 0 aliphatic carbocycles. The Morgan fingerprint density at radius 3 is 2.78 bits per heavy atom. The van der Waals surface area contributed by atoms with E-state index in [2.05, 4.69) is 41.1 Å². The number of nitrogens with one attached hydrogen (secondary N) is 2. The molecule has 1 aliphatic heterocycles. The van der Waals surface area contributed by atoms with Gasteiger partial charge < -0.3 is 4.98 Å². The third kappa shape index (κ3) is 4.17. The molecule has 0 spiro atoms. The van der Waals surface area contributed by atoms with Gasteiger partial charge in [-0.1, -0.05) is 6.42 Å². The number of thiophene rings is 1. The van der Waals surface area contributed by atoms with Crippen LogP contribution in [0.25, 0.3) is 55.3 Å². The lowest BCUT2D eigenvalue weighted by Gasteiger charge is -2.26. The number of fused-ring (bicyclic) bond motifs is 2. The van der Waals surface area contributed by atoms with Crippen LogP contribution in [0.2, 0.25) is 0 Å². The second-order valence-electron chi connectivity index (χ2n) is 9.35. The van der Waals surface area contributed by atoms with Crippen molar-refractivity contribution in [1.29, 1.82) is 0 Å². The van der Waals surface area contributed by atoms with Crippen molar-refractivity contribution in [3.05, 3.63) is 65.8 Å². The molecule has 1 fully saturated rings. The van der Waals surface area contributed by atoms with E-state index in [9.17, 15) is 4.39 Å². The first-order valence-electron chi connectivity index (χ1n) is 12.3. The summed E-state index contributed by atoms with van der Waals surface area (Å²) in [6.07, 6.45) is 11.1. The zero-order chi connectivity index (χ0) is 24.8. The molecule has 0 unspecified atom stereocenters. The number of halogens is 1. The van der Waals surface area contributed by atoms with Crippen LogP contribution < -0.4 is 0 Å². The van der Waals surface area contributed by atoms with Gasteiger partial charge in [-0.25, -0.2) is 9.97 Å². The van der Waals surface area contributed by atoms with E-state index in [-0.39, 0.29) is 5.13 Å². The summed E-state index contributed by atoms with van der Waals surface area (Å²) < 4.78 is 13.7. The summed E-state index contributed by atoms with van der Waals surface area (Å²) in [5.41, 5.74) is 6.64. The van der Waals surface area contributed by atoms with Crippen molar-refractivity contribution >= 4 is 33.4 Å². The van der Waals surface area contributed by atoms with Crippen LogP contribution >= 0.6 is 11.3 Å². The van der Waals surface area contributed by atoms with Crippen molar-refractivity contribution < 1.29 is 4.39 Å². The highest BCUT2D eigenvalue weighted by Crippen LogP contribution is 2.34. The molecule has 6 aromatic rings. The van der Waals surface area contributed by atoms with E-state index in [4.69, 9.17) is 4.98 Å². The maximum absolute atomic E-state index is 13.7. The van der Waals surface area contributed by atoms with Crippen molar-refractivity contribution in [2.75, 3.05) is 13.1 Å². The van der Waals surface area contributed by atoms with E-state index < -0.39 is 0 Å². The van der Waals surface area contributed by atoms with E-state index >= 15 is 0 Å². The number of pyridine rings is 3. The molecular formula is C27H23FN8S. The zero-order valence-corrected chi connectivity index (χ0v) is 20.7. The van der Waals surface area contributed by atoms with Gasteiger partial charge in [0.2, 0.25) is 0 Å². The predicted octanol–water partition coefficient (Wildman–Crippen LogP) is 5.81. The number of hydrogen-bond acceptors (Lipinski definition) is 7. The van der Waals surface area contributed by atoms with E-state index in [0.717, 1.165) is 69.1 Å². The Balaban J connectivity index is 1.26. The molecule has 1 saturated heterocycles. The van der Waals surface area contributed by atoms with Gasteiger partial charge in [0.25, 0.3) is 0 Å². The summed E-state index contributed by atoms with van der Waals surface area (Å²) in [6, 6.07) is 9.30. The van der Waals surface area contributed by atoms with Crippen molar-refractivity contribution in [3.8, 4) is 33.2 Å². The molecule has 0 bridgehead atoms. The topological polar surface area (TPSA) is 99.3 Å². The van der Waals surface area contributed by atoms with Gasteiger partial charge in [-0.05, 0) is 61.8 Å². The second-order valence-corrected chi connectivity index (χ2v) is 10.4. The number of aromatic nitrogens is 7. The van der Waals surface area contributed by atoms with Crippen LogP contribution in [0, 0.1) is 5.13 Å². The average molecular weight is 511 g/mol. The second kappa shape index (κ2) is 9.13. The highest BCUT2D eigenvalue weighted by molar-refractivity contribution is 7.14. The number of rotatable bonds is 5. The quantitative estimate of drug-likeness (QED) is 0.304. The van der Waals surface area contributed by atoms with Crippen LogP contribution in [0.1, 0.15) is 24.8 Å². The lowest BCUT2D eigenvalue weighted by Crippen LogP contribution is -2.29. The van der Waals surface area contributed by atoms with Crippen molar-refractivity contribution in [1.82, 2.24) is 40.0 Å². The van der Waals surface area contributed by atoms with Gasteiger partial charge in [0, 0.05) is 46.5 Å². The Morgan fingerprint density at radius 1 is 1.00 bits per heavy atom. The van der Waals surface area contributed by atoms with Gasteiger partial charge in [-0.2, -0.15) is 9.49 Å². The summed E-state index contributed by atoms with van der Waals surface area (Å²) >= 11 is 1.10. The van der Waals surface area contributed by atoms with Gasteiger partial charge in [-0.15, -0.1) is 11.3 Å². The van der Waals surface area contributed by atoms with E-state index in [1.807, 2.05) is 24.5 Å². The molecule has 184 valence electrons. The fourth-order valence-corrected chi connectivity index (χ4v) is 5.79. The Labute approximate surface area is 215 Å². The normalized spacial score (nSPS) is 14.6. The lowest BCUT2D eigenvalue weighted by atomic mass is 10.1. The number of imidazole rings is 1. The monoisotopic (exact) mass is 510 g/mol. The lowest BCUT2D eigenvalue weighted by molar-refractivity contribution is 0.220. The molecule has 0 amide bonds. The SMILES string of the molecule is Fc1ccc(-c2ccnc3nc(-c4n[nH]c5cnc(-c6cncc(CN7CCCCC7)c6)cc45)[nH]c23)s1. The Kier molecular flexibility index (Phi) is 5.48. The van der Waals surface area contributed by atoms with E-state index in [1.54, 1.807) is 18.5 Å². The minimum atomic E-state index is -0.229. The van der Waals surface area contributed by atoms with E-state index in [1.165, 1.54) is 30.9 Å². The van der Waals surface area contributed by atoms with Crippen molar-refractivity contribution in [2.45, 2.75) is 25.8 Å². The van der Waals surface area contributed by atoms with Crippen molar-refractivity contribution in [2.24, 2.45) is 0 Å². The first-order chi connectivity index (χ1) is 18.2. The largest absolute Gasteiger partial charge is 0.335 e. The highest BCUT2D eigenvalue weighted by Gasteiger charge is 2.18. The maximum atomic E-state index is 13.7. The molecule has 0 saturated carbocycles. The van der Waals surface area contributed by atoms with Gasteiger partial charge >= 0.3 is 0 Å². The Morgan fingerprint density at radius 2 is 1.92 bits per heavy atom. The molecular weight excluding hydrogens is 487 g/mol. The fourth-order valence-electron chi connectivity index (χ4n) is 5.03. The standard InChI is InChI=1S/C27H23FN8S/c28-23-5-4-22(37-23)18-6-7-30-26-24(18)32-27(33-26)25-19-11-20(31-14-21(19)34-35-25)17-10-16(12-29-13-17)15-36-8-2-1-3-9-36/h4-7,10-14H,1-3,8-9,15H2,(H,34,35)(H,30,32,33). The van der Waals surface area contributed by atoms with Gasteiger partial charge in [-0.3, -0.25) is 20.0 Å². The number of nitrogens with zero attached hydrogens (tertiary/aromatic N) is 6. The summed E-state index contributed by atoms with van der Waals surface area (Å²) in [5, 5.41) is 8.26. The molecule has 2 N–H and O–H groups in total. The van der Waals surface area contributed by atoms with Gasteiger partial charge in [0.05, 0.1) is 22.9 Å². The first kappa shape index (κ1) is 22.2. The van der Waals surface area contributed by atoms with Crippen LogP contribution in [-0.2, 0) is 6.54 Å². The molecule has 1 aliphatic rings. The third-order valence-electron chi connectivity index (χ3n) is 6.85. The smallest absolute Gasteiger partial charge is 0.178 e. The fraction of sp³-hybridized carbons (Fsp3) is 0.222. The molecule has 0 aromatic carbocycles. The highest BCUT2D eigenvalue weighted by atomic mass is 32.1. The number of hydrogen-bond donors (Lipinski definition) is 2. The Bertz CT molecular complexity index is 1730. The maximum Gasteiger partial charge on any atom is 0.178 e. The summed E-state index contributed by atoms with van der Waals surface area (Å²) in [6.45, 7) is 3.19. The first-order valence-corrected chi connectivity index (χ1v) is 13.1. The van der Waals surface area contributed by atoms with Crippen LogP contribution in [0.5, 0.6) is 0 Å². The summed E-state index contributed by atoms with van der Waals surface area (Å²) in [5.74, 6) is 0.590. The third-order valence-corrected chi connectivity index (χ3v) is 7.75. The molecule has 10 heteroatoms. The Hall–Kier alpha value is -4.02. The number of H-pyrrole nitrogens is 2. The van der Waals surface area contributed by atoms with Crippen LogP contribution in [0.4, 0.5) is 4.39 Å². The summed E-state index contributed by atoms with van der Waals surface area (Å²) in [7, 11) is 0. The van der Waals surface area contributed by atoms with Crippen LogP contribution in [-0.4, -0.2) is 53.1 Å². The van der Waals surface area contributed by atoms with Crippen molar-refractivity contribution in [3.63, 3.8) is 0 Å². The molecule has 37 heavy (non-hydrogen) atoms. The molecule has 6 aromatic heterocycles. The molecule has 7 rings (SSSR count). The van der Waals surface area contributed by atoms with Gasteiger partial charge in [0.15, 0.2) is 16.6 Å². The molecule has 0 atom stereocenters. The van der Waals surface area contributed by atoms with Crippen LogP contribution in [0.15, 0.2) is 55.1 Å². The van der Waals surface area contributed by atoms with E-state index in [0.29, 0.717) is 17.2 Å². The number of aromatic amines is 2. The minimum absolute atomic E-state index is 0.229. The number of likely N-dealkylation sites (tertiary alicyclic amines) is 1. The average Bonchev–Trinajstić information content (AvgIpc) is 3.66.